The maximum atomic E-state index is 13.5. The summed E-state index contributed by atoms with van der Waals surface area (Å²) >= 11 is 0. The number of alkyl carbamates (subject to hydrolysis) is 1. The molecular formula is C27H34N2O6. The number of benzene rings is 2. The Kier molecular flexibility index (Phi) is 9.52. The molecule has 8 nitrogen and oxygen atoms in total. The van der Waals surface area contributed by atoms with Gasteiger partial charge in [0.1, 0.15) is 23.9 Å². The Morgan fingerprint density at radius 3 is 2.29 bits per heavy atom. The van der Waals surface area contributed by atoms with Crippen LogP contribution in [0, 0.1) is 0 Å². The summed E-state index contributed by atoms with van der Waals surface area (Å²) in [5, 5.41) is 15.2. The molecule has 3 rings (SSSR count). The highest BCUT2D eigenvalue weighted by atomic mass is 16.5. The first-order chi connectivity index (χ1) is 16.9. The van der Waals surface area contributed by atoms with Crippen LogP contribution in [0.2, 0.25) is 0 Å². The Bertz CT molecular complexity index is 971. The molecule has 0 bridgehead atoms. The van der Waals surface area contributed by atoms with Crippen molar-refractivity contribution in [3.05, 3.63) is 65.7 Å². The Morgan fingerprint density at radius 2 is 1.63 bits per heavy atom. The number of esters is 1. The Labute approximate surface area is 206 Å². The van der Waals surface area contributed by atoms with Crippen molar-refractivity contribution in [1.29, 1.82) is 0 Å². The van der Waals surface area contributed by atoms with E-state index >= 15 is 0 Å². The molecule has 188 valence electrons. The summed E-state index contributed by atoms with van der Waals surface area (Å²) in [5.74, 6) is -0.848. The zero-order valence-electron chi connectivity index (χ0n) is 20.1. The quantitative estimate of drug-likeness (QED) is 0.441. The smallest absolute Gasteiger partial charge is 0.408 e. The van der Waals surface area contributed by atoms with Crippen LogP contribution in [0.15, 0.2) is 54.6 Å². The van der Waals surface area contributed by atoms with Crippen molar-refractivity contribution in [2.24, 2.45) is 0 Å². The fourth-order valence-electron chi connectivity index (χ4n) is 4.18. The van der Waals surface area contributed by atoms with Crippen molar-refractivity contribution < 1.29 is 29.0 Å². The fourth-order valence-corrected chi connectivity index (χ4v) is 4.18. The van der Waals surface area contributed by atoms with Gasteiger partial charge in [-0.1, -0.05) is 68.7 Å². The first kappa shape index (κ1) is 26.1. The maximum Gasteiger partial charge on any atom is 0.408 e. The molecule has 2 aromatic carbocycles. The fraction of sp³-hybridized carbons (Fsp3) is 0.444. The molecule has 0 saturated heterocycles. The van der Waals surface area contributed by atoms with Gasteiger partial charge in [0.2, 0.25) is 5.91 Å². The van der Waals surface area contributed by atoms with E-state index in [0.717, 1.165) is 30.4 Å². The third-order valence-electron chi connectivity index (χ3n) is 6.11. The molecule has 1 aliphatic carbocycles. The van der Waals surface area contributed by atoms with Crippen LogP contribution in [0.1, 0.15) is 56.6 Å². The highest BCUT2D eigenvalue weighted by Gasteiger charge is 2.43. The number of carbonyl (C=O) groups is 3. The van der Waals surface area contributed by atoms with E-state index in [0.29, 0.717) is 19.3 Å². The number of carbonyl (C=O) groups excluding carboxylic acids is 3. The van der Waals surface area contributed by atoms with Gasteiger partial charge in [0.15, 0.2) is 0 Å². The predicted molar refractivity (Wildman–Crippen MR) is 131 cm³/mol. The van der Waals surface area contributed by atoms with Crippen molar-refractivity contribution >= 4 is 18.0 Å². The molecule has 0 aromatic heterocycles. The van der Waals surface area contributed by atoms with E-state index in [4.69, 9.17) is 9.47 Å². The second-order valence-electron chi connectivity index (χ2n) is 8.89. The summed E-state index contributed by atoms with van der Waals surface area (Å²) in [6, 6.07) is 14.8. The summed E-state index contributed by atoms with van der Waals surface area (Å²) < 4.78 is 10.7. The molecule has 0 aliphatic heterocycles. The first-order valence-electron chi connectivity index (χ1n) is 12.2. The molecule has 1 fully saturated rings. The molecule has 3 N–H and O–H groups in total. The highest BCUT2D eigenvalue weighted by Crippen LogP contribution is 2.29. The van der Waals surface area contributed by atoms with Crippen LogP contribution >= 0.6 is 0 Å². The number of aromatic hydroxyl groups is 1. The van der Waals surface area contributed by atoms with Crippen LogP contribution in [-0.2, 0) is 32.1 Å². The average Bonchev–Trinajstić information content (AvgIpc) is 2.88. The number of hydrogen-bond donors (Lipinski definition) is 3. The molecule has 1 unspecified atom stereocenters. The normalized spacial score (nSPS) is 15.5. The minimum Gasteiger partial charge on any atom is -0.508 e. The second kappa shape index (κ2) is 12.8. The van der Waals surface area contributed by atoms with Crippen LogP contribution in [0.5, 0.6) is 5.75 Å². The Hall–Kier alpha value is -3.55. The van der Waals surface area contributed by atoms with Crippen LogP contribution in [0.25, 0.3) is 0 Å². The largest absolute Gasteiger partial charge is 0.508 e. The summed E-state index contributed by atoms with van der Waals surface area (Å²) in [6.45, 7) is 2.23. The Balaban J connectivity index is 1.71. The number of phenolic OH excluding ortho intramolecular Hbond substituents is 1. The SMILES string of the molecule is CCCOC(=O)C(Cc1ccc(O)cc1)NC(=O)C1(NC(=O)OCc2ccccc2)CCCCC1. The molecule has 35 heavy (non-hydrogen) atoms. The summed E-state index contributed by atoms with van der Waals surface area (Å²) in [6.07, 6.45) is 3.60. The number of rotatable bonds is 10. The van der Waals surface area contributed by atoms with Gasteiger partial charge in [-0.2, -0.15) is 0 Å². The lowest BCUT2D eigenvalue weighted by Crippen LogP contribution is -2.62. The third-order valence-corrected chi connectivity index (χ3v) is 6.11. The van der Waals surface area contributed by atoms with Gasteiger partial charge >= 0.3 is 12.1 Å². The van der Waals surface area contributed by atoms with Crippen LogP contribution in [0.4, 0.5) is 4.79 Å². The van der Waals surface area contributed by atoms with Crippen LogP contribution < -0.4 is 10.6 Å². The lowest BCUT2D eigenvalue weighted by molar-refractivity contribution is -0.148. The molecule has 2 aromatic rings. The molecule has 8 heteroatoms. The standard InChI is InChI=1S/C27H34N2O6/c1-2-17-34-24(31)23(18-20-11-13-22(30)14-12-20)28-25(32)27(15-7-4-8-16-27)29-26(33)35-19-21-9-5-3-6-10-21/h3,5-6,9-14,23,30H,2,4,7-8,15-19H2,1H3,(H,28,32)(H,29,33). The third kappa shape index (κ3) is 7.73. The van der Waals surface area contributed by atoms with Gasteiger partial charge in [0.25, 0.3) is 0 Å². The first-order valence-corrected chi connectivity index (χ1v) is 12.2. The van der Waals surface area contributed by atoms with Crippen molar-refractivity contribution in [3.63, 3.8) is 0 Å². The van der Waals surface area contributed by atoms with E-state index in [9.17, 15) is 19.5 Å². The lowest BCUT2D eigenvalue weighted by atomic mass is 9.80. The summed E-state index contributed by atoms with van der Waals surface area (Å²) in [5.41, 5.74) is 0.441. The van der Waals surface area contributed by atoms with Gasteiger partial charge in [-0.05, 0) is 42.5 Å². The van der Waals surface area contributed by atoms with Gasteiger partial charge in [-0.25, -0.2) is 9.59 Å². The van der Waals surface area contributed by atoms with Crippen molar-refractivity contribution in [1.82, 2.24) is 10.6 Å². The van der Waals surface area contributed by atoms with Crippen molar-refractivity contribution in [2.75, 3.05) is 6.61 Å². The molecule has 1 atom stereocenters. The predicted octanol–water partition coefficient (Wildman–Crippen LogP) is 4.00. The molecule has 0 radical (unpaired) electrons. The molecule has 1 saturated carbocycles. The molecule has 0 heterocycles. The maximum absolute atomic E-state index is 13.5. The molecular weight excluding hydrogens is 448 g/mol. The average molecular weight is 483 g/mol. The van der Waals surface area contributed by atoms with Gasteiger partial charge < -0.3 is 25.2 Å². The minimum absolute atomic E-state index is 0.0944. The van der Waals surface area contributed by atoms with Crippen LogP contribution in [0.3, 0.4) is 0 Å². The number of nitrogens with one attached hydrogen (secondary N) is 2. The summed E-state index contributed by atoms with van der Waals surface area (Å²) in [4.78, 5) is 39.0. The zero-order valence-corrected chi connectivity index (χ0v) is 20.1. The summed E-state index contributed by atoms with van der Waals surface area (Å²) in [7, 11) is 0. The van der Waals surface area contributed by atoms with E-state index in [1.165, 1.54) is 12.1 Å². The van der Waals surface area contributed by atoms with Gasteiger partial charge in [-0.3, -0.25) is 4.79 Å². The number of phenols is 1. The Morgan fingerprint density at radius 1 is 0.943 bits per heavy atom. The van der Waals surface area contributed by atoms with E-state index in [-0.39, 0.29) is 25.4 Å². The highest BCUT2D eigenvalue weighted by molar-refractivity contribution is 5.93. The topological polar surface area (TPSA) is 114 Å². The zero-order chi connectivity index (χ0) is 25.1. The monoisotopic (exact) mass is 482 g/mol. The van der Waals surface area contributed by atoms with E-state index in [1.807, 2.05) is 37.3 Å². The molecule has 2 amide bonds. The van der Waals surface area contributed by atoms with Crippen LogP contribution in [-0.4, -0.2) is 41.3 Å². The van der Waals surface area contributed by atoms with E-state index in [2.05, 4.69) is 10.6 Å². The van der Waals surface area contributed by atoms with Gasteiger partial charge in [0.05, 0.1) is 6.61 Å². The van der Waals surface area contributed by atoms with E-state index < -0.39 is 29.6 Å². The number of ether oxygens (including phenoxy) is 2. The second-order valence-corrected chi connectivity index (χ2v) is 8.89. The van der Waals surface area contributed by atoms with Gasteiger partial charge in [-0.15, -0.1) is 0 Å². The molecule has 1 aliphatic rings. The van der Waals surface area contributed by atoms with E-state index in [1.54, 1.807) is 12.1 Å². The minimum atomic E-state index is -1.16. The van der Waals surface area contributed by atoms with Crippen molar-refractivity contribution in [2.45, 2.75) is 70.1 Å². The number of amides is 2. The van der Waals surface area contributed by atoms with Gasteiger partial charge in [0, 0.05) is 6.42 Å². The number of hydrogen-bond acceptors (Lipinski definition) is 6. The van der Waals surface area contributed by atoms with Crippen molar-refractivity contribution in [3.8, 4) is 5.75 Å². The molecule has 0 spiro atoms. The lowest BCUT2D eigenvalue weighted by Gasteiger charge is -2.37.